The molecule has 0 unspecified atom stereocenters. The molecule has 0 radical (unpaired) electrons. The molecule has 3 rings (SSSR count). The van der Waals surface area contributed by atoms with Crippen molar-refractivity contribution >= 4 is 26.6 Å². The normalized spacial score (nSPS) is 11.5. The number of aryl methyl sites for hydroxylation is 1. The summed E-state index contributed by atoms with van der Waals surface area (Å²) >= 11 is 0. The first kappa shape index (κ1) is 13.6. The maximum Gasteiger partial charge on any atom is 0.123 e. The van der Waals surface area contributed by atoms with Gasteiger partial charge in [0.25, 0.3) is 0 Å². The van der Waals surface area contributed by atoms with Crippen LogP contribution in [-0.2, 0) is 10.0 Å². The summed E-state index contributed by atoms with van der Waals surface area (Å²) in [4.78, 5) is 4.40. The van der Waals surface area contributed by atoms with Gasteiger partial charge in [0.1, 0.15) is 10.0 Å². The lowest BCUT2D eigenvalue weighted by Gasteiger charge is -2.23. The number of aromatic nitrogens is 1. The zero-order valence-electron chi connectivity index (χ0n) is 11.4. The van der Waals surface area contributed by atoms with Crippen molar-refractivity contribution < 1.29 is 8.42 Å². The smallest absolute Gasteiger partial charge is 0.123 e. The third kappa shape index (κ3) is 2.73. The van der Waals surface area contributed by atoms with Crippen LogP contribution >= 0.6 is 0 Å². The fourth-order valence-corrected chi connectivity index (χ4v) is 3.05. The van der Waals surface area contributed by atoms with Crippen LogP contribution in [0.1, 0.15) is 5.56 Å². The number of sulfonamides is 1. The minimum atomic E-state index is -3.74. The Morgan fingerprint density at radius 1 is 0.952 bits per heavy atom. The van der Waals surface area contributed by atoms with Crippen molar-refractivity contribution in [2.45, 2.75) is 11.8 Å². The molecule has 2 aromatic carbocycles. The van der Waals surface area contributed by atoms with Gasteiger partial charge < -0.3 is 4.72 Å². The van der Waals surface area contributed by atoms with Crippen molar-refractivity contribution in [2.24, 2.45) is 0 Å². The number of para-hydroxylation sites is 1. The Balaban J connectivity index is 2.03. The molecular formula is C16H13N2O2S-. The lowest BCUT2D eigenvalue weighted by molar-refractivity contribution is 0.603. The number of nitrogens with zero attached hydrogens (tertiary/aromatic N) is 2. The van der Waals surface area contributed by atoms with Crippen molar-refractivity contribution in [1.29, 1.82) is 0 Å². The Morgan fingerprint density at radius 2 is 1.67 bits per heavy atom. The highest BCUT2D eigenvalue weighted by Crippen LogP contribution is 2.32. The molecule has 0 fully saturated rings. The Hall–Kier alpha value is -2.40. The zero-order valence-corrected chi connectivity index (χ0v) is 12.2. The Kier molecular flexibility index (Phi) is 3.35. The molecule has 3 aromatic rings. The largest absolute Gasteiger partial charge is 0.571 e. The summed E-state index contributed by atoms with van der Waals surface area (Å²) in [5, 5.41) is 0.859. The lowest BCUT2D eigenvalue weighted by Crippen LogP contribution is -1.98. The molecule has 0 atom stereocenters. The highest BCUT2D eigenvalue weighted by molar-refractivity contribution is 7.94. The van der Waals surface area contributed by atoms with Gasteiger partial charge in [-0.15, -0.1) is 5.69 Å². The summed E-state index contributed by atoms with van der Waals surface area (Å²) in [6.07, 6.45) is 1.62. The van der Waals surface area contributed by atoms with Crippen LogP contribution < -0.4 is 0 Å². The number of pyridine rings is 1. The van der Waals surface area contributed by atoms with Crippen molar-refractivity contribution in [3.63, 3.8) is 0 Å². The maximum absolute atomic E-state index is 12.4. The molecule has 106 valence electrons. The van der Waals surface area contributed by atoms with Crippen LogP contribution in [0.4, 0.5) is 5.69 Å². The fourth-order valence-electron chi connectivity index (χ4n) is 2.05. The van der Waals surface area contributed by atoms with Crippen molar-refractivity contribution in [3.05, 3.63) is 71.1 Å². The number of fused-ring (bicyclic) bond motifs is 1. The summed E-state index contributed by atoms with van der Waals surface area (Å²) in [5.74, 6) is 0. The Morgan fingerprint density at radius 3 is 2.43 bits per heavy atom. The van der Waals surface area contributed by atoms with E-state index in [1.165, 1.54) is 0 Å². The molecule has 1 aromatic heterocycles. The first-order valence-electron chi connectivity index (χ1n) is 6.45. The van der Waals surface area contributed by atoms with Gasteiger partial charge in [-0.2, -0.15) is 0 Å². The van der Waals surface area contributed by atoms with Gasteiger partial charge >= 0.3 is 0 Å². The first-order chi connectivity index (χ1) is 10.1. The topological polar surface area (TPSA) is 61.1 Å². The number of hydrogen-bond donors (Lipinski definition) is 0. The monoisotopic (exact) mass is 297 g/mol. The van der Waals surface area contributed by atoms with Crippen LogP contribution in [0, 0.1) is 6.92 Å². The van der Waals surface area contributed by atoms with E-state index < -0.39 is 10.0 Å². The minimum absolute atomic E-state index is 0.182. The Labute approximate surface area is 123 Å². The van der Waals surface area contributed by atoms with Crippen LogP contribution in [0.3, 0.4) is 0 Å². The van der Waals surface area contributed by atoms with E-state index in [4.69, 9.17) is 0 Å². The van der Waals surface area contributed by atoms with Gasteiger partial charge in [-0.1, -0.05) is 42.0 Å². The Bertz CT molecular complexity index is 882. The van der Waals surface area contributed by atoms with E-state index in [0.29, 0.717) is 11.2 Å². The quantitative estimate of drug-likeness (QED) is 0.735. The van der Waals surface area contributed by atoms with E-state index in [2.05, 4.69) is 9.71 Å². The third-order valence-electron chi connectivity index (χ3n) is 3.15. The molecule has 0 aliphatic carbocycles. The molecule has 0 N–H and O–H groups in total. The molecule has 0 amide bonds. The molecule has 0 bridgehead atoms. The highest BCUT2D eigenvalue weighted by atomic mass is 32.2. The van der Waals surface area contributed by atoms with Gasteiger partial charge in [-0.25, -0.2) is 8.42 Å². The molecule has 0 aliphatic heterocycles. The van der Waals surface area contributed by atoms with Crippen LogP contribution in [-0.4, -0.2) is 13.4 Å². The fraction of sp³-hybridized carbons (Fsp3) is 0.0625. The number of benzene rings is 2. The van der Waals surface area contributed by atoms with E-state index >= 15 is 0 Å². The summed E-state index contributed by atoms with van der Waals surface area (Å²) in [7, 11) is -3.74. The standard InChI is InChI=1S/C16H13N2O2S/c1-12-7-9-14(10-8-12)21(19,20)18-15-6-2-4-13-5-3-11-17-16(13)15/h2-11H,1H3/q-1. The second-order valence-corrected chi connectivity index (χ2v) is 6.34. The van der Waals surface area contributed by atoms with Crippen LogP contribution in [0.15, 0.2) is 65.7 Å². The van der Waals surface area contributed by atoms with Gasteiger partial charge in [-0.3, -0.25) is 4.98 Å². The maximum atomic E-state index is 12.4. The van der Waals surface area contributed by atoms with E-state index in [-0.39, 0.29) is 4.90 Å². The average molecular weight is 297 g/mol. The molecule has 0 aliphatic rings. The molecule has 21 heavy (non-hydrogen) atoms. The zero-order chi connectivity index (χ0) is 14.9. The predicted molar refractivity (Wildman–Crippen MR) is 83.1 cm³/mol. The van der Waals surface area contributed by atoms with Crippen molar-refractivity contribution in [3.8, 4) is 0 Å². The van der Waals surface area contributed by atoms with E-state index in [0.717, 1.165) is 10.9 Å². The van der Waals surface area contributed by atoms with Crippen LogP contribution in [0.5, 0.6) is 0 Å². The SMILES string of the molecule is Cc1ccc(S(=O)(=O)[N-]c2cccc3cccnc23)cc1. The molecular weight excluding hydrogens is 284 g/mol. The third-order valence-corrected chi connectivity index (χ3v) is 4.45. The summed E-state index contributed by atoms with van der Waals surface area (Å²) < 4.78 is 28.7. The molecule has 1 heterocycles. The number of hydrogen-bond acceptors (Lipinski definition) is 3. The summed E-state index contributed by atoms with van der Waals surface area (Å²) in [5.41, 5.74) is 1.94. The summed E-state index contributed by atoms with van der Waals surface area (Å²) in [6, 6.07) is 15.6. The predicted octanol–water partition coefficient (Wildman–Crippen LogP) is 3.94. The summed E-state index contributed by atoms with van der Waals surface area (Å²) in [6.45, 7) is 1.90. The molecule has 0 saturated heterocycles. The minimum Gasteiger partial charge on any atom is -0.571 e. The lowest BCUT2D eigenvalue weighted by atomic mass is 10.2. The average Bonchev–Trinajstić information content (AvgIpc) is 2.48. The second kappa shape index (κ2) is 5.18. The molecule has 0 saturated carbocycles. The first-order valence-corrected chi connectivity index (χ1v) is 7.89. The van der Waals surface area contributed by atoms with Gasteiger partial charge in [-0.05, 0) is 30.5 Å². The van der Waals surface area contributed by atoms with Gasteiger partial charge in [0.2, 0.25) is 0 Å². The van der Waals surface area contributed by atoms with Crippen molar-refractivity contribution in [2.75, 3.05) is 0 Å². The van der Waals surface area contributed by atoms with Crippen LogP contribution in [0.25, 0.3) is 15.6 Å². The number of rotatable bonds is 3. The highest BCUT2D eigenvalue weighted by Gasteiger charge is 2.05. The van der Waals surface area contributed by atoms with Gasteiger partial charge in [0.15, 0.2) is 0 Å². The molecule has 0 spiro atoms. The van der Waals surface area contributed by atoms with E-state index in [9.17, 15) is 8.42 Å². The van der Waals surface area contributed by atoms with Gasteiger partial charge in [0.05, 0.1) is 10.4 Å². The molecule has 4 nitrogen and oxygen atoms in total. The van der Waals surface area contributed by atoms with Gasteiger partial charge in [0, 0.05) is 6.20 Å². The molecule has 5 heteroatoms. The van der Waals surface area contributed by atoms with Crippen molar-refractivity contribution in [1.82, 2.24) is 4.98 Å². The second-order valence-electron chi connectivity index (χ2n) is 4.73. The van der Waals surface area contributed by atoms with E-state index in [1.807, 2.05) is 19.1 Å². The van der Waals surface area contributed by atoms with Crippen LogP contribution in [0.2, 0.25) is 0 Å². The van der Waals surface area contributed by atoms with E-state index in [1.54, 1.807) is 48.7 Å².